The second kappa shape index (κ2) is 12.4. The van der Waals surface area contributed by atoms with Crippen LogP contribution in [0.4, 0.5) is 0 Å². The zero-order chi connectivity index (χ0) is 24.3. The maximum atomic E-state index is 12.8. The van der Waals surface area contributed by atoms with Gasteiger partial charge in [-0.25, -0.2) is 0 Å². The van der Waals surface area contributed by atoms with Crippen LogP contribution in [0.25, 0.3) is 0 Å². The molecule has 34 heavy (non-hydrogen) atoms. The summed E-state index contributed by atoms with van der Waals surface area (Å²) < 4.78 is 11.5. The standard InChI is InChI=1S/C28H32N2O4/c1-21(2)28(32)30(17-16-29-27(31)24-12-8-5-9-13-24)19-23-14-15-25(26(18-23)33-3)34-20-22-10-6-4-7-11-22/h4-15,18,21H,16-17,19-20H2,1-3H3,(H,29,31). The van der Waals surface area contributed by atoms with E-state index in [1.165, 1.54) is 0 Å². The summed E-state index contributed by atoms with van der Waals surface area (Å²) >= 11 is 0. The van der Waals surface area contributed by atoms with Gasteiger partial charge < -0.3 is 19.7 Å². The molecule has 3 rings (SSSR count). The summed E-state index contributed by atoms with van der Waals surface area (Å²) in [5.74, 6) is 0.978. The van der Waals surface area contributed by atoms with E-state index < -0.39 is 0 Å². The molecular formula is C28H32N2O4. The van der Waals surface area contributed by atoms with Gasteiger partial charge in [-0.2, -0.15) is 0 Å². The zero-order valence-electron chi connectivity index (χ0n) is 20.0. The zero-order valence-corrected chi connectivity index (χ0v) is 20.0. The van der Waals surface area contributed by atoms with Crippen molar-refractivity contribution < 1.29 is 19.1 Å². The lowest BCUT2D eigenvalue weighted by atomic mass is 10.1. The summed E-state index contributed by atoms with van der Waals surface area (Å²) in [5, 5.41) is 2.90. The Hall–Kier alpha value is -3.80. The van der Waals surface area contributed by atoms with E-state index in [2.05, 4.69) is 5.32 Å². The fourth-order valence-electron chi connectivity index (χ4n) is 3.51. The largest absolute Gasteiger partial charge is 0.493 e. The number of nitrogens with one attached hydrogen (secondary N) is 1. The van der Waals surface area contributed by atoms with Gasteiger partial charge in [-0.3, -0.25) is 9.59 Å². The number of hydrogen-bond acceptors (Lipinski definition) is 4. The molecule has 3 aromatic carbocycles. The van der Waals surface area contributed by atoms with Gasteiger partial charge in [-0.15, -0.1) is 0 Å². The van der Waals surface area contributed by atoms with Crippen LogP contribution in [0.2, 0.25) is 0 Å². The van der Waals surface area contributed by atoms with Gasteiger partial charge in [0, 0.05) is 31.1 Å². The quantitative estimate of drug-likeness (QED) is 0.451. The second-order valence-corrected chi connectivity index (χ2v) is 8.30. The Bertz CT molecular complexity index is 1070. The molecule has 3 aromatic rings. The van der Waals surface area contributed by atoms with Gasteiger partial charge in [0.15, 0.2) is 11.5 Å². The first kappa shape index (κ1) is 24.8. The number of ether oxygens (including phenoxy) is 2. The van der Waals surface area contributed by atoms with E-state index in [1.54, 1.807) is 24.1 Å². The lowest BCUT2D eigenvalue weighted by molar-refractivity contribution is -0.135. The topological polar surface area (TPSA) is 67.9 Å². The Kier molecular flexibility index (Phi) is 9.09. The third kappa shape index (κ3) is 7.10. The van der Waals surface area contributed by atoms with Gasteiger partial charge in [-0.05, 0) is 35.4 Å². The molecule has 0 aliphatic carbocycles. The van der Waals surface area contributed by atoms with Crippen LogP contribution in [0.3, 0.4) is 0 Å². The second-order valence-electron chi connectivity index (χ2n) is 8.30. The third-order valence-corrected chi connectivity index (χ3v) is 5.35. The summed E-state index contributed by atoms with van der Waals surface area (Å²) in [6.07, 6.45) is 0. The molecule has 0 bridgehead atoms. The molecule has 1 N–H and O–H groups in total. The molecule has 178 valence electrons. The van der Waals surface area contributed by atoms with Crippen molar-refractivity contribution in [2.75, 3.05) is 20.2 Å². The normalized spacial score (nSPS) is 10.6. The van der Waals surface area contributed by atoms with Crippen LogP contribution in [0.5, 0.6) is 11.5 Å². The molecule has 0 radical (unpaired) electrons. The molecule has 2 amide bonds. The molecule has 0 saturated heterocycles. The van der Waals surface area contributed by atoms with Gasteiger partial charge in [0.1, 0.15) is 6.61 Å². The van der Waals surface area contributed by atoms with Gasteiger partial charge in [0.25, 0.3) is 5.91 Å². The van der Waals surface area contributed by atoms with Crippen LogP contribution in [0.1, 0.15) is 35.3 Å². The van der Waals surface area contributed by atoms with Crippen molar-refractivity contribution in [3.63, 3.8) is 0 Å². The fourth-order valence-corrected chi connectivity index (χ4v) is 3.51. The minimum Gasteiger partial charge on any atom is -0.493 e. The highest BCUT2D eigenvalue weighted by Gasteiger charge is 2.18. The van der Waals surface area contributed by atoms with Gasteiger partial charge in [0.05, 0.1) is 7.11 Å². The number of carbonyl (C=O) groups is 2. The molecule has 0 aliphatic heterocycles. The lowest BCUT2D eigenvalue weighted by Gasteiger charge is -2.25. The number of amides is 2. The minimum atomic E-state index is -0.154. The van der Waals surface area contributed by atoms with E-state index in [-0.39, 0.29) is 17.7 Å². The Morgan fingerprint density at radius 3 is 2.21 bits per heavy atom. The lowest BCUT2D eigenvalue weighted by Crippen LogP contribution is -2.40. The minimum absolute atomic E-state index is 0.0253. The molecular weight excluding hydrogens is 428 g/mol. The summed E-state index contributed by atoms with van der Waals surface area (Å²) in [7, 11) is 1.60. The average Bonchev–Trinajstić information content (AvgIpc) is 2.87. The molecule has 6 heteroatoms. The number of hydrogen-bond donors (Lipinski definition) is 1. The van der Waals surface area contributed by atoms with Crippen LogP contribution >= 0.6 is 0 Å². The van der Waals surface area contributed by atoms with Crippen LogP contribution < -0.4 is 14.8 Å². The van der Waals surface area contributed by atoms with E-state index in [9.17, 15) is 9.59 Å². The molecule has 0 atom stereocenters. The first-order chi connectivity index (χ1) is 16.5. The molecule has 0 aromatic heterocycles. The number of nitrogens with zero attached hydrogens (tertiary/aromatic N) is 1. The van der Waals surface area contributed by atoms with Crippen molar-refractivity contribution in [1.29, 1.82) is 0 Å². The first-order valence-corrected chi connectivity index (χ1v) is 11.4. The fraction of sp³-hybridized carbons (Fsp3) is 0.286. The molecule has 0 aliphatic rings. The van der Waals surface area contributed by atoms with Crippen LogP contribution in [0.15, 0.2) is 78.9 Å². The molecule has 6 nitrogen and oxygen atoms in total. The van der Waals surface area contributed by atoms with Gasteiger partial charge >= 0.3 is 0 Å². The van der Waals surface area contributed by atoms with Crippen molar-refractivity contribution in [2.45, 2.75) is 27.0 Å². The molecule has 0 unspecified atom stereocenters. The van der Waals surface area contributed by atoms with E-state index in [0.29, 0.717) is 43.3 Å². The van der Waals surface area contributed by atoms with Crippen LogP contribution in [-0.4, -0.2) is 36.9 Å². The Labute approximate surface area is 201 Å². The third-order valence-electron chi connectivity index (χ3n) is 5.35. The van der Waals surface area contributed by atoms with E-state index in [1.807, 2.05) is 80.6 Å². The number of carbonyl (C=O) groups excluding carboxylic acids is 2. The summed E-state index contributed by atoms with van der Waals surface area (Å²) in [6.45, 7) is 5.37. The van der Waals surface area contributed by atoms with E-state index in [4.69, 9.17) is 9.47 Å². The van der Waals surface area contributed by atoms with Crippen LogP contribution in [-0.2, 0) is 17.9 Å². The summed E-state index contributed by atoms with van der Waals surface area (Å²) in [5.41, 5.74) is 2.59. The van der Waals surface area contributed by atoms with Crippen molar-refractivity contribution in [3.05, 3.63) is 95.6 Å². The predicted octanol–water partition coefficient (Wildman–Crippen LogP) is 4.69. The Morgan fingerprint density at radius 1 is 0.882 bits per heavy atom. The highest BCUT2D eigenvalue weighted by atomic mass is 16.5. The molecule has 0 fully saturated rings. The maximum absolute atomic E-state index is 12.8. The number of rotatable bonds is 11. The summed E-state index contributed by atoms with van der Waals surface area (Å²) in [4.78, 5) is 26.9. The Morgan fingerprint density at radius 2 is 1.56 bits per heavy atom. The molecule has 0 saturated carbocycles. The predicted molar refractivity (Wildman–Crippen MR) is 133 cm³/mol. The van der Waals surface area contributed by atoms with Crippen LogP contribution in [0, 0.1) is 5.92 Å². The number of methoxy groups -OCH3 is 1. The van der Waals surface area contributed by atoms with Gasteiger partial charge in [0.2, 0.25) is 5.91 Å². The highest BCUT2D eigenvalue weighted by Crippen LogP contribution is 2.29. The summed E-state index contributed by atoms with van der Waals surface area (Å²) in [6, 6.07) is 24.7. The van der Waals surface area contributed by atoms with Crippen molar-refractivity contribution in [1.82, 2.24) is 10.2 Å². The average molecular weight is 461 g/mol. The maximum Gasteiger partial charge on any atom is 0.251 e. The van der Waals surface area contributed by atoms with Crippen molar-refractivity contribution in [2.24, 2.45) is 5.92 Å². The van der Waals surface area contributed by atoms with Crippen molar-refractivity contribution in [3.8, 4) is 11.5 Å². The molecule has 0 spiro atoms. The van der Waals surface area contributed by atoms with E-state index >= 15 is 0 Å². The Balaban J connectivity index is 1.64. The van der Waals surface area contributed by atoms with Gasteiger partial charge in [-0.1, -0.05) is 68.4 Å². The highest BCUT2D eigenvalue weighted by molar-refractivity contribution is 5.94. The van der Waals surface area contributed by atoms with Crippen molar-refractivity contribution >= 4 is 11.8 Å². The van der Waals surface area contributed by atoms with E-state index in [0.717, 1.165) is 11.1 Å². The first-order valence-electron chi connectivity index (χ1n) is 11.4. The smallest absolute Gasteiger partial charge is 0.251 e. The number of benzene rings is 3. The monoisotopic (exact) mass is 460 g/mol. The SMILES string of the molecule is COc1cc(CN(CCNC(=O)c2ccccc2)C(=O)C(C)C)ccc1OCc1ccccc1. The molecule has 0 heterocycles.